The highest BCUT2D eigenvalue weighted by Gasteiger charge is 2.04. The lowest BCUT2D eigenvalue weighted by molar-refractivity contribution is 0.450. The molecule has 0 aromatic heterocycles. The first-order chi connectivity index (χ1) is 16.9. The highest BCUT2D eigenvalue weighted by molar-refractivity contribution is 7.79. The fraction of sp³-hybridized carbons (Fsp3) is 0.296. The Hall–Kier alpha value is -3.36. The minimum atomic E-state index is -1.07. The normalized spacial score (nSPS) is 11.1. The highest BCUT2D eigenvalue weighted by Crippen LogP contribution is 2.25. The molecule has 1 unspecified atom stereocenters. The maximum absolute atomic E-state index is 9.85. The lowest BCUT2D eigenvalue weighted by atomic mass is 10.1. The second kappa shape index (κ2) is 19.0. The van der Waals surface area contributed by atoms with E-state index in [4.69, 9.17) is 0 Å². The van der Waals surface area contributed by atoms with Crippen LogP contribution in [0.25, 0.3) is 0 Å². The van der Waals surface area contributed by atoms with E-state index in [9.17, 15) is 9.32 Å². The van der Waals surface area contributed by atoms with Crippen molar-refractivity contribution in [3.63, 3.8) is 0 Å². The van der Waals surface area contributed by atoms with E-state index in [0.717, 1.165) is 11.3 Å². The van der Waals surface area contributed by atoms with Crippen LogP contribution in [-0.2, 0) is 15.3 Å². The first-order valence-electron chi connectivity index (χ1n) is 11.4. The van der Waals surface area contributed by atoms with Crippen LogP contribution < -0.4 is 5.43 Å². The number of hydrogen-bond acceptors (Lipinski definition) is 6. The van der Waals surface area contributed by atoms with Crippen LogP contribution in [0.15, 0.2) is 88.1 Å². The number of para-hydroxylation sites is 1. The molecule has 190 valence electrons. The number of hydrogen-bond donors (Lipinski definition) is 2. The van der Waals surface area contributed by atoms with Gasteiger partial charge in [0.25, 0.3) is 0 Å². The summed E-state index contributed by atoms with van der Waals surface area (Å²) in [6, 6.07) is 22.4. The molecule has 0 heterocycles. The van der Waals surface area contributed by atoms with Crippen molar-refractivity contribution in [2.45, 2.75) is 41.5 Å². The van der Waals surface area contributed by atoms with Gasteiger partial charge in [0.15, 0.2) is 11.1 Å². The third-order valence-corrected chi connectivity index (χ3v) is 4.67. The van der Waals surface area contributed by atoms with Gasteiger partial charge < -0.3 is 5.11 Å². The third-order valence-electron chi connectivity index (χ3n) is 4.20. The summed E-state index contributed by atoms with van der Waals surface area (Å²) in [6.45, 7) is 12.1. The Morgan fingerprint density at radius 2 is 1.46 bits per heavy atom. The van der Waals surface area contributed by atoms with Crippen LogP contribution in [0.3, 0.4) is 0 Å². The molecule has 0 radical (unpaired) electrons. The molecule has 0 saturated heterocycles. The van der Waals surface area contributed by atoms with Gasteiger partial charge in [0, 0.05) is 11.8 Å². The summed E-state index contributed by atoms with van der Waals surface area (Å²) in [6.07, 6.45) is 1.47. The second-order valence-electron chi connectivity index (χ2n) is 6.47. The summed E-state index contributed by atoms with van der Waals surface area (Å²) in [7, 11) is 1.40. The van der Waals surface area contributed by atoms with E-state index in [0.29, 0.717) is 11.5 Å². The summed E-state index contributed by atoms with van der Waals surface area (Å²) in [5.41, 5.74) is 7.53. The Morgan fingerprint density at radius 1 is 0.886 bits per heavy atom. The van der Waals surface area contributed by atoms with Gasteiger partial charge in [-0.25, -0.2) is 4.21 Å². The van der Waals surface area contributed by atoms with Crippen molar-refractivity contribution in [2.75, 3.05) is 18.8 Å². The number of phenols is 1. The average molecular weight is 499 g/mol. The Bertz CT molecular complexity index is 1070. The lowest BCUT2D eigenvalue weighted by Gasteiger charge is -2.06. The van der Waals surface area contributed by atoms with Crippen molar-refractivity contribution in [3.8, 4) is 5.75 Å². The summed E-state index contributed by atoms with van der Waals surface area (Å²) in [4.78, 5) is 0. The van der Waals surface area contributed by atoms with Crippen LogP contribution in [0, 0.1) is 13.8 Å². The molecule has 0 spiro atoms. The molecule has 0 aliphatic heterocycles. The molecule has 0 saturated carbocycles. The number of azo groups is 1. The third kappa shape index (κ3) is 12.6. The molecule has 3 aromatic rings. The largest absolute Gasteiger partial charge is 0.506 e. The molecule has 8 heteroatoms. The van der Waals surface area contributed by atoms with E-state index in [1.54, 1.807) is 24.3 Å². The Morgan fingerprint density at radius 3 is 2.00 bits per heavy atom. The van der Waals surface area contributed by atoms with Gasteiger partial charge in [0.1, 0.15) is 11.4 Å². The molecular formula is C27H38N4O3S. The van der Waals surface area contributed by atoms with Gasteiger partial charge in [0.05, 0.1) is 12.8 Å². The molecular weight excluding hydrogens is 460 g/mol. The van der Waals surface area contributed by atoms with E-state index in [2.05, 4.69) is 38.8 Å². The number of phenolic OH excluding ortho intramolecular Hbond substituents is 1. The van der Waals surface area contributed by atoms with E-state index in [1.807, 2.05) is 76.2 Å². The molecule has 35 heavy (non-hydrogen) atoms. The number of benzene rings is 3. The molecule has 7 nitrogen and oxygen atoms in total. The number of hydrazone groups is 1. The zero-order chi connectivity index (χ0) is 26.6. The summed E-state index contributed by atoms with van der Waals surface area (Å²) in [5.74, 6) is 0.498. The number of aryl methyl sites for hydroxylation is 2. The fourth-order valence-electron chi connectivity index (χ4n) is 2.31. The maximum atomic E-state index is 9.85. The van der Waals surface area contributed by atoms with Gasteiger partial charge in [-0.15, -0.1) is 10.2 Å². The SMILES string of the molecule is CC.CC.COS(C)=O.Cc1ccc(N/N=C(\N=Nc2ccccc2O)c2ccccc2)cc1C. The van der Waals surface area contributed by atoms with E-state index in [1.165, 1.54) is 24.5 Å². The van der Waals surface area contributed by atoms with E-state index >= 15 is 0 Å². The van der Waals surface area contributed by atoms with Gasteiger partial charge in [-0.2, -0.15) is 5.10 Å². The van der Waals surface area contributed by atoms with Gasteiger partial charge in [0.2, 0.25) is 5.84 Å². The van der Waals surface area contributed by atoms with Crippen LogP contribution in [-0.4, -0.2) is 28.5 Å². The van der Waals surface area contributed by atoms with Crippen molar-refractivity contribution >= 4 is 28.3 Å². The summed E-state index contributed by atoms with van der Waals surface area (Å²) >= 11 is -1.07. The topological polar surface area (TPSA) is 95.6 Å². The smallest absolute Gasteiger partial charge is 0.201 e. The first kappa shape index (κ1) is 31.6. The molecule has 1 atom stereocenters. The number of anilines is 1. The van der Waals surface area contributed by atoms with Crippen LogP contribution in [0.2, 0.25) is 0 Å². The zero-order valence-corrected chi connectivity index (χ0v) is 22.8. The number of nitrogens with one attached hydrogen (secondary N) is 1. The maximum Gasteiger partial charge on any atom is 0.201 e. The minimum Gasteiger partial charge on any atom is -0.506 e. The summed E-state index contributed by atoms with van der Waals surface area (Å²) in [5, 5.41) is 22.6. The van der Waals surface area contributed by atoms with Crippen molar-refractivity contribution in [2.24, 2.45) is 15.3 Å². The Kier molecular flexibility index (Phi) is 17.2. The van der Waals surface area contributed by atoms with E-state index in [-0.39, 0.29) is 5.75 Å². The number of aromatic hydroxyl groups is 1. The molecule has 2 N–H and O–H groups in total. The first-order valence-corrected chi connectivity index (χ1v) is 12.9. The molecule has 0 amide bonds. The standard InChI is InChI=1S/C21H20N4O.C2H6O2S.2C2H6/c1-15-12-13-18(14-16(15)2)22-24-21(17-8-4-3-5-9-17)25-23-19-10-6-7-11-20(19)26;1-4-5(2)3;2*1-2/h3-14,22,26H,1-2H3;1-2H3;2*1-2H3/b24-21-,25-23?;;;. The fourth-order valence-corrected chi connectivity index (χ4v) is 2.31. The van der Waals surface area contributed by atoms with Crippen molar-refractivity contribution in [3.05, 3.63) is 89.5 Å². The van der Waals surface area contributed by atoms with Crippen LogP contribution in [0.4, 0.5) is 11.4 Å². The summed E-state index contributed by atoms with van der Waals surface area (Å²) < 4.78 is 13.9. The molecule has 0 aliphatic carbocycles. The van der Waals surface area contributed by atoms with Crippen LogP contribution >= 0.6 is 0 Å². The van der Waals surface area contributed by atoms with Crippen LogP contribution in [0.1, 0.15) is 44.4 Å². The average Bonchev–Trinajstić information content (AvgIpc) is 2.90. The number of nitrogens with zero attached hydrogens (tertiary/aromatic N) is 3. The molecule has 0 fully saturated rings. The lowest BCUT2D eigenvalue weighted by Crippen LogP contribution is -2.01. The van der Waals surface area contributed by atoms with E-state index < -0.39 is 11.1 Å². The molecule has 0 bridgehead atoms. The zero-order valence-electron chi connectivity index (χ0n) is 21.9. The Balaban J connectivity index is 0.00000112. The van der Waals surface area contributed by atoms with Crippen molar-refractivity contribution < 1.29 is 13.5 Å². The van der Waals surface area contributed by atoms with Gasteiger partial charge in [-0.1, -0.05) is 76.2 Å². The second-order valence-corrected chi connectivity index (χ2v) is 7.61. The van der Waals surface area contributed by atoms with Gasteiger partial charge in [-0.3, -0.25) is 9.61 Å². The van der Waals surface area contributed by atoms with Crippen LogP contribution in [0.5, 0.6) is 5.75 Å². The number of rotatable bonds is 5. The molecule has 3 rings (SSSR count). The van der Waals surface area contributed by atoms with Gasteiger partial charge >= 0.3 is 0 Å². The Labute approximate surface area is 212 Å². The monoisotopic (exact) mass is 498 g/mol. The molecule has 0 aliphatic rings. The minimum absolute atomic E-state index is 0.0748. The molecule has 3 aromatic carbocycles. The van der Waals surface area contributed by atoms with Gasteiger partial charge in [-0.05, 0) is 49.2 Å². The highest BCUT2D eigenvalue weighted by atomic mass is 32.2. The van der Waals surface area contributed by atoms with Crippen molar-refractivity contribution in [1.29, 1.82) is 0 Å². The number of amidine groups is 1. The van der Waals surface area contributed by atoms with Crippen molar-refractivity contribution in [1.82, 2.24) is 0 Å². The predicted octanol–water partition coefficient (Wildman–Crippen LogP) is 7.55. The quantitative estimate of drug-likeness (QED) is 0.164. The predicted molar refractivity (Wildman–Crippen MR) is 149 cm³/mol.